The number of carbonyl (C=O) groups is 1. The fraction of sp³-hybridized carbons (Fsp3) is 0. The van der Waals surface area contributed by atoms with Crippen molar-refractivity contribution in [2.24, 2.45) is 5.10 Å². The number of non-ortho nitro benzene ring substituents is 1. The van der Waals surface area contributed by atoms with Gasteiger partial charge in [0.15, 0.2) is 5.75 Å². The van der Waals surface area contributed by atoms with Gasteiger partial charge in [-0.3, -0.25) is 19.9 Å². The molecule has 1 aromatic heterocycles. The Kier molecular flexibility index (Phi) is 4.76. The highest BCUT2D eigenvalue weighted by Crippen LogP contribution is 2.33. The van der Waals surface area contributed by atoms with E-state index in [9.17, 15) is 20.0 Å². The van der Waals surface area contributed by atoms with Crippen molar-refractivity contribution in [3.8, 4) is 5.75 Å². The predicted molar refractivity (Wildman–Crippen MR) is 96.6 cm³/mol. The molecule has 0 unspecified atom stereocenters. The zero-order valence-corrected chi connectivity index (χ0v) is 13.8. The number of phenols is 1. The largest absolute Gasteiger partial charge is 0.505 e. The highest BCUT2D eigenvalue weighted by Gasteiger charge is 2.18. The van der Waals surface area contributed by atoms with Gasteiger partial charge in [-0.2, -0.15) is 5.10 Å². The maximum atomic E-state index is 12.0. The highest BCUT2D eigenvalue weighted by atomic mass is 35.5. The zero-order chi connectivity index (χ0) is 18.7. The lowest BCUT2D eigenvalue weighted by Gasteiger charge is -2.05. The standard InChI is InChI=1S/C17H11ClN4O4/c18-12-4-1-3-10(7-12)17(24)21-20-9-11-8-14(22(25)26)13-5-2-6-19-15(13)16(11)23/h1-9,23H,(H,21,24)/b20-9-. The summed E-state index contributed by atoms with van der Waals surface area (Å²) >= 11 is 5.82. The molecular formula is C17H11ClN4O4. The Morgan fingerprint density at radius 1 is 1.31 bits per heavy atom. The van der Waals surface area contributed by atoms with Crippen LogP contribution in [-0.4, -0.2) is 27.1 Å². The van der Waals surface area contributed by atoms with Crippen molar-refractivity contribution in [2.75, 3.05) is 0 Å². The molecular weight excluding hydrogens is 360 g/mol. The van der Waals surface area contributed by atoms with E-state index in [0.29, 0.717) is 10.6 Å². The van der Waals surface area contributed by atoms with E-state index in [1.54, 1.807) is 18.2 Å². The second kappa shape index (κ2) is 7.16. The third-order valence-electron chi connectivity index (χ3n) is 3.53. The highest BCUT2D eigenvalue weighted by molar-refractivity contribution is 6.30. The van der Waals surface area contributed by atoms with E-state index in [-0.39, 0.29) is 27.9 Å². The summed E-state index contributed by atoms with van der Waals surface area (Å²) in [4.78, 5) is 26.6. The number of nitro groups is 1. The van der Waals surface area contributed by atoms with Crippen LogP contribution in [-0.2, 0) is 0 Å². The monoisotopic (exact) mass is 370 g/mol. The van der Waals surface area contributed by atoms with Crippen LogP contribution in [0.1, 0.15) is 15.9 Å². The van der Waals surface area contributed by atoms with Gasteiger partial charge in [-0.25, -0.2) is 5.43 Å². The molecule has 0 bridgehead atoms. The predicted octanol–water partition coefficient (Wildman–Crippen LogP) is 3.27. The van der Waals surface area contributed by atoms with Crippen molar-refractivity contribution < 1.29 is 14.8 Å². The lowest BCUT2D eigenvalue weighted by atomic mass is 10.1. The maximum Gasteiger partial charge on any atom is 0.279 e. The first kappa shape index (κ1) is 17.3. The smallest absolute Gasteiger partial charge is 0.279 e. The number of phenolic OH excluding ortho intramolecular Hbond substituents is 1. The summed E-state index contributed by atoms with van der Waals surface area (Å²) in [5.41, 5.74) is 2.46. The van der Waals surface area contributed by atoms with E-state index < -0.39 is 10.8 Å². The summed E-state index contributed by atoms with van der Waals surface area (Å²) in [6.45, 7) is 0. The summed E-state index contributed by atoms with van der Waals surface area (Å²) in [6.07, 6.45) is 2.52. The molecule has 0 radical (unpaired) electrons. The minimum atomic E-state index is -0.578. The number of amides is 1. The van der Waals surface area contributed by atoms with E-state index in [4.69, 9.17) is 11.6 Å². The first-order chi connectivity index (χ1) is 12.5. The first-order valence-corrected chi connectivity index (χ1v) is 7.69. The normalized spacial score (nSPS) is 11.0. The average Bonchev–Trinajstić information content (AvgIpc) is 2.63. The Labute approximate surface area is 151 Å². The number of rotatable bonds is 4. The summed E-state index contributed by atoms with van der Waals surface area (Å²) in [5.74, 6) is -0.788. The van der Waals surface area contributed by atoms with Gasteiger partial charge in [0.2, 0.25) is 0 Å². The Morgan fingerprint density at radius 2 is 2.12 bits per heavy atom. The number of aromatic nitrogens is 1. The molecule has 0 saturated carbocycles. The van der Waals surface area contributed by atoms with Crippen LogP contribution in [0.4, 0.5) is 5.69 Å². The first-order valence-electron chi connectivity index (χ1n) is 7.31. The number of nitro benzene ring substituents is 1. The molecule has 0 aliphatic rings. The summed E-state index contributed by atoms with van der Waals surface area (Å²) in [5, 5.41) is 25.9. The lowest BCUT2D eigenvalue weighted by molar-refractivity contribution is -0.383. The second-order valence-corrected chi connectivity index (χ2v) is 5.64. The van der Waals surface area contributed by atoms with Crippen molar-refractivity contribution in [3.05, 3.63) is 74.9 Å². The SMILES string of the molecule is O=C(N/N=C\c1cc([N+](=O)[O-])c2cccnc2c1O)c1cccc(Cl)c1. The van der Waals surface area contributed by atoms with Gasteiger partial charge in [-0.1, -0.05) is 17.7 Å². The molecule has 3 rings (SSSR count). The molecule has 130 valence electrons. The Hall–Kier alpha value is -3.52. The van der Waals surface area contributed by atoms with E-state index in [0.717, 1.165) is 12.3 Å². The fourth-order valence-corrected chi connectivity index (χ4v) is 2.53. The van der Waals surface area contributed by atoms with Crippen LogP contribution in [0, 0.1) is 10.1 Å². The van der Waals surface area contributed by atoms with E-state index >= 15 is 0 Å². The number of carbonyl (C=O) groups excluding carboxylic acids is 1. The third kappa shape index (κ3) is 3.45. The van der Waals surface area contributed by atoms with Crippen LogP contribution in [0.15, 0.2) is 53.8 Å². The fourth-order valence-electron chi connectivity index (χ4n) is 2.33. The van der Waals surface area contributed by atoms with Crippen LogP contribution in [0.2, 0.25) is 5.02 Å². The molecule has 0 aliphatic heterocycles. The Bertz CT molecular complexity index is 1050. The molecule has 2 N–H and O–H groups in total. The third-order valence-corrected chi connectivity index (χ3v) is 3.76. The number of aromatic hydroxyl groups is 1. The van der Waals surface area contributed by atoms with Crippen LogP contribution in [0.25, 0.3) is 10.9 Å². The van der Waals surface area contributed by atoms with E-state index in [1.165, 1.54) is 24.4 Å². The van der Waals surface area contributed by atoms with Crippen LogP contribution >= 0.6 is 11.6 Å². The molecule has 1 amide bonds. The van der Waals surface area contributed by atoms with Crippen LogP contribution in [0.5, 0.6) is 5.75 Å². The molecule has 0 spiro atoms. The molecule has 9 heteroatoms. The number of hydrazone groups is 1. The van der Waals surface area contributed by atoms with E-state index in [1.807, 2.05) is 0 Å². The quantitative estimate of drug-likeness (QED) is 0.415. The van der Waals surface area contributed by atoms with Crippen molar-refractivity contribution in [3.63, 3.8) is 0 Å². The summed E-state index contributed by atoms with van der Waals surface area (Å²) in [6, 6.07) is 10.4. The van der Waals surface area contributed by atoms with Gasteiger partial charge in [0.25, 0.3) is 11.6 Å². The molecule has 2 aromatic carbocycles. The molecule has 0 fully saturated rings. The topological polar surface area (TPSA) is 118 Å². The molecule has 8 nitrogen and oxygen atoms in total. The van der Waals surface area contributed by atoms with Crippen molar-refractivity contribution >= 4 is 40.3 Å². The Balaban J connectivity index is 1.91. The number of fused-ring (bicyclic) bond motifs is 1. The van der Waals surface area contributed by atoms with Gasteiger partial charge in [0.05, 0.1) is 16.5 Å². The van der Waals surface area contributed by atoms with Crippen molar-refractivity contribution in [1.82, 2.24) is 10.4 Å². The van der Waals surface area contributed by atoms with Gasteiger partial charge in [-0.05, 0) is 30.3 Å². The minimum Gasteiger partial charge on any atom is -0.505 e. The number of benzene rings is 2. The van der Waals surface area contributed by atoms with Gasteiger partial charge in [0, 0.05) is 28.4 Å². The van der Waals surface area contributed by atoms with Crippen molar-refractivity contribution in [1.29, 1.82) is 0 Å². The number of nitrogens with one attached hydrogen (secondary N) is 1. The number of hydrogen-bond acceptors (Lipinski definition) is 6. The van der Waals surface area contributed by atoms with Crippen LogP contribution in [0.3, 0.4) is 0 Å². The Morgan fingerprint density at radius 3 is 2.85 bits per heavy atom. The second-order valence-electron chi connectivity index (χ2n) is 5.20. The summed E-state index contributed by atoms with van der Waals surface area (Å²) in [7, 11) is 0. The summed E-state index contributed by atoms with van der Waals surface area (Å²) < 4.78 is 0. The maximum absolute atomic E-state index is 12.0. The molecule has 0 aliphatic carbocycles. The van der Waals surface area contributed by atoms with Gasteiger partial charge in [-0.15, -0.1) is 0 Å². The van der Waals surface area contributed by atoms with Gasteiger partial charge < -0.3 is 5.11 Å². The zero-order valence-electron chi connectivity index (χ0n) is 13.1. The minimum absolute atomic E-state index is 0.0503. The average molecular weight is 371 g/mol. The van der Waals surface area contributed by atoms with Gasteiger partial charge in [0.1, 0.15) is 5.52 Å². The number of nitrogens with zero attached hydrogens (tertiary/aromatic N) is 3. The molecule has 1 heterocycles. The molecule has 3 aromatic rings. The van der Waals surface area contributed by atoms with Gasteiger partial charge >= 0.3 is 0 Å². The molecule has 0 atom stereocenters. The van der Waals surface area contributed by atoms with Crippen molar-refractivity contribution in [2.45, 2.75) is 0 Å². The number of pyridine rings is 1. The molecule has 0 saturated heterocycles. The lowest BCUT2D eigenvalue weighted by Crippen LogP contribution is -2.17. The number of hydrogen-bond donors (Lipinski definition) is 2. The number of halogens is 1. The van der Waals surface area contributed by atoms with Crippen LogP contribution < -0.4 is 5.43 Å². The molecule has 26 heavy (non-hydrogen) atoms. The van der Waals surface area contributed by atoms with E-state index in [2.05, 4.69) is 15.5 Å².